The lowest BCUT2D eigenvalue weighted by atomic mass is 9.82. The van der Waals surface area contributed by atoms with Crippen LogP contribution in [0.1, 0.15) is 12.8 Å². The van der Waals surface area contributed by atoms with E-state index in [9.17, 15) is 13.5 Å². The van der Waals surface area contributed by atoms with E-state index in [-0.39, 0.29) is 17.6 Å². The fourth-order valence-electron chi connectivity index (χ4n) is 2.15. The predicted molar refractivity (Wildman–Crippen MR) is 55.1 cm³/mol. The number of rotatable bonds is 3. The van der Waals surface area contributed by atoms with Crippen LogP contribution in [0.15, 0.2) is 0 Å². The molecular formula is C9H17NO4S. The van der Waals surface area contributed by atoms with Gasteiger partial charge in [0.1, 0.15) is 0 Å². The highest BCUT2D eigenvalue weighted by atomic mass is 32.2. The molecule has 0 aromatic rings. The molecule has 1 heterocycles. The summed E-state index contributed by atoms with van der Waals surface area (Å²) in [4.78, 5) is 0. The quantitative estimate of drug-likeness (QED) is 0.648. The zero-order valence-corrected chi connectivity index (χ0v) is 9.32. The number of nitrogens with two attached hydrogens (primary N) is 1. The van der Waals surface area contributed by atoms with Gasteiger partial charge in [-0.05, 0) is 25.3 Å². The van der Waals surface area contributed by atoms with Gasteiger partial charge in [-0.15, -0.1) is 0 Å². The Morgan fingerprint density at radius 1 is 1.33 bits per heavy atom. The van der Waals surface area contributed by atoms with Crippen LogP contribution in [0.4, 0.5) is 0 Å². The van der Waals surface area contributed by atoms with E-state index in [4.69, 9.17) is 10.5 Å². The summed E-state index contributed by atoms with van der Waals surface area (Å²) in [6, 6.07) is 0. The summed E-state index contributed by atoms with van der Waals surface area (Å²) in [6.45, 7) is 0.658. The summed E-state index contributed by atoms with van der Waals surface area (Å²) < 4.78 is 27.9. The highest BCUT2D eigenvalue weighted by molar-refractivity contribution is 7.91. The van der Waals surface area contributed by atoms with Crippen molar-refractivity contribution in [3.63, 3.8) is 0 Å². The minimum Gasteiger partial charge on any atom is -0.389 e. The van der Waals surface area contributed by atoms with Gasteiger partial charge in [-0.25, -0.2) is 8.42 Å². The van der Waals surface area contributed by atoms with Crippen LogP contribution in [-0.4, -0.2) is 49.9 Å². The van der Waals surface area contributed by atoms with Gasteiger partial charge in [-0.1, -0.05) is 0 Å². The summed E-state index contributed by atoms with van der Waals surface area (Å²) in [7, 11) is -3.09. The summed E-state index contributed by atoms with van der Waals surface area (Å²) in [5.41, 5.74) is 5.47. The van der Waals surface area contributed by atoms with Crippen LogP contribution >= 0.6 is 0 Å². The molecule has 0 amide bonds. The van der Waals surface area contributed by atoms with Gasteiger partial charge in [0.15, 0.2) is 9.84 Å². The minimum atomic E-state index is -3.09. The molecule has 0 aromatic carbocycles. The molecule has 1 aliphatic carbocycles. The first kappa shape index (κ1) is 11.3. The zero-order chi connectivity index (χ0) is 11.1. The number of sulfone groups is 1. The van der Waals surface area contributed by atoms with Crippen molar-refractivity contribution in [3.8, 4) is 0 Å². The van der Waals surface area contributed by atoms with E-state index in [0.717, 1.165) is 12.8 Å². The highest BCUT2D eigenvalue weighted by Crippen LogP contribution is 2.31. The molecule has 88 valence electrons. The first-order valence-corrected chi connectivity index (χ1v) is 7.06. The molecule has 0 spiro atoms. The van der Waals surface area contributed by atoms with Gasteiger partial charge >= 0.3 is 0 Å². The molecule has 2 atom stereocenters. The van der Waals surface area contributed by atoms with E-state index >= 15 is 0 Å². The summed E-state index contributed by atoms with van der Waals surface area (Å²) in [5, 5.41) is 9.49. The van der Waals surface area contributed by atoms with Gasteiger partial charge in [0, 0.05) is 0 Å². The van der Waals surface area contributed by atoms with Crippen LogP contribution in [-0.2, 0) is 14.6 Å². The number of aliphatic hydroxyl groups excluding tert-OH is 1. The van der Waals surface area contributed by atoms with E-state index in [1.54, 1.807) is 0 Å². The maximum absolute atomic E-state index is 11.2. The van der Waals surface area contributed by atoms with Crippen molar-refractivity contribution in [2.75, 3.05) is 18.1 Å². The van der Waals surface area contributed by atoms with Crippen molar-refractivity contribution in [3.05, 3.63) is 0 Å². The fraction of sp³-hybridized carbons (Fsp3) is 1.00. The molecule has 0 radical (unpaired) electrons. The van der Waals surface area contributed by atoms with Crippen molar-refractivity contribution in [2.45, 2.75) is 31.2 Å². The van der Waals surface area contributed by atoms with Crippen molar-refractivity contribution >= 4 is 9.84 Å². The average molecular weight is 235 g/mol. The molecule has 5 nitrogen and oxygen atoms in total. The monoisotopic (exact) mass is 235 g/mol. The lowest BCUT2D eigenvalue weighted by Gasteiger charge is -2.36. The Balaban J connectivity index is 1.82. The second-order valence-electron chi connectivity index (χ2n) is 4.51. The van der Waals surface area contributed by atoms with E-state index in [2.05, 4.69) is 0 Å². The van der Waals surface area contributed by atoms with E-state index in [1.807, 2.05) is 0 Å². The lowest BCUT2D eigenvalue weighted by molar-refractivity contribution is -0.0978. The van der Waals surface area contributed by atoms with E-state index in [1.165, 1.54) is 0 Å². The van der Waals surface area contributed by atoms with Crippen molar-refractivity contribution in [1.82, 2.24) is 0 Å². The van der Waals surface area contributed by atoms with Gasteiger partial charge in [0.2, 0.25) is 0 Å². The maximum atomic E-state index is 11.2. The molecule has 15 heavy (non-hydrogen) atoms. The van der Waals surface area contributed by atoms with Crippen LogP contribution in [0.25, 0.3) is 0 Å². The molecule has 2 unspecified atom stereocenters. The summed E-state index contributed by atoms with van der Waals surface area (Å²) in [5.74, 6) is 0.299. The largest absolute Gasteiger partial charge is 0.389 e. The van der Waals surface area contributed by atoms with Crippen molar-refractivity contribution in [1.29, 1.82) is 0 Å². The van der Waals surface area contributed by atoms with Crippen LogP contribution in [0, 0.1) is 5.92 Å². The molecule has 0 bridgehead atoms. The third kappa shape index (κ3) is 2.50. The molecule has 0 aromatic heterocycles. The third-order valence-electron chi connectivity index (χ3n) is 3.17. The molecule has 3 N–H and O–H groups in total. The van der Waals surface area contributed by atoms with E-state index in [0.29, 0.717) is 12.5 Å². The highest BCUT2D eigenvalue weighted by Gasteiger charge is 2.40. The zero-order valence-electron chi connectivity index (χ0n) is 8.50. The third-order valence-corrected chi connectivity index (χ3v) is 4.85. The standard InChI is InChI=1S/C9H17NO4S/c10-3-6-1-7(2-6)14-9-5-15(12,13)4-8(9)11/h6-9,11H,1-5,10H2. The molecule has 6 heteroatoms. The Morgan fingerprint density at radius 2 is 2.00 bits per heavy atom. The Kier molecular flexibility index (Phi) is 3.03. The minimum absolute atomic E-state index is 0.0437. The summed E-state index contributed by atoms with van der Waals surface area (Å²) >= 11 is 0. The Hall–Kier alpha value is -0.170. The molecule has 1 aliphatic heterocycles. The van der Waals surface area contributed by atoms with Gasteiger partial charge in [0.05, 0.1) is 29.8 Å². The van der Waals surface area contributed by atoms with E-state index < -0.39 is 22.0 Å². The van der Waals surface area contributed by atoms with Crippen LogP contribution in [0.3, 0.4) is 0 Å². The van der Waals surface area contributed by atoms with Gasteiger partial charge in [-0.3, -0.25) is 0 Å². The maximum Gasteiger partial charge on any atom is 0.155 e. The molecule has 2 aliphatic rings. The Morgan fingerprint density at radius 3 is 2.47 bits per heavy atom. The number of hydrogen-bond acceptors (Lipinski definition) is 5. The van der Waals surface area contributed by atoms with Crippen LogP contribution < -0.4 is 5.73 Å². The second-order valence-corrected chi connectivity index (χ2v) is 6.67. The first-order valence-electron chi connectivity index (χ1n) is 5.24. The topological polar surface area (TPSA) is 89.6 Å². The predicted octanol–water partition coefficient (Wildman–Crippen LogP) is -1.10. The first-order chi connectivity index (χ1) is 7.00. The smallest absolute Gasteiger partial charge is 0.155 e. The van der Waals surface area contributed by atoms with Crippen LogP contribution in [0.5, 0.6) is 0 Å². The van der Waals surface area contributed by atoms with Crippen molar-refractivity contribution in [2.24, 2.45) is 11.7 Å². The Labute approximate surface area is 89.5 Å². The summed E-state index contributed by atoms with van der Waals surface area (Å²) in [6.07, 6.45) is 0.483. The molecule has 2 fully saturated rings. The Bertz CT molecular complexity index is 323. The van der Waals surface area contributed by atoms with Crippen LogP contribution in [0.2, 0.25) is 0 Å². The lowest BCUT2D eigenvalue weighted by Crippen LogP contribution is -2.41. The molecule has 1 saturated carbocycles. The SMILES string of the molecule is NCC1CC(OC2CS(=O)(=O)CC2O)C1. The van der Waals surface area contributed by atoms with Gasteiger partial charge in [-0.2, -0.15) is 0 Å². The van der Waals surface area contributed by atoms with Crippen molar-refractivity contribution < 1.29 is 18.3 Å². The fourth-order valence-corrected chi connectivity index (χ4v) is 3.82. The normalized spacial score (nSPS) is 43.9. The van der Waals surface area contributed by atoms with Gasteiger partial charge < -0.3 is 15.6 Å². The number of ether oxygens (including phenoxy) is 1. The molecule has 1 saturated heterocycles. The molecular weight excluding hydrogens is 218 g/mol. The molecule has 2 rings (SSSR count). The second kappa shape index (κ2) is 4.01. The number of aliphatic hydroxyl groups is 1. The number of hydrogen-bond donors (Lipinski definition) is 2. The van der Waals surface area contributed by atoms with Gasteiger partial charge in [0.25, 0.3) is 0 Å². The average Bonchev–Trinajstić information content (AvgIpc) is 2.31.